The van der Waals surface area contributed by atoms with E-state index in [-0.39, 0.29) is 5.82 Å². The van der Waals surface area contributed by atoms with Crippen LogP contribution in [0, 0.1) is 17.7 Å². The fourth-order valence-corrected chi connectivity index (χ4v) is 2.82. The van der Waals surface area contributed by atoms with Gasteiger partial charge in [-0.05, 0) is 48.9 Å². The van der Waals surface area contributed by atoms with Crippen molar-refractivity contribution in [2.75, 3.05) is 24.5 Å². The largest absolute Gasteiger partial charge is 0.369 e. The topological polar surface area (TPSA) is 15.3 Å². The highest BCUT2D eigenvalue weighted by atomic mass is 19.1. The summed E-state index contributed by atoms with van der Waals surface area (Å²) in [4.78, 5) is 2.20. The second-order valence-electron chi connectivity index (χ2n) is 6.50. The fraction of sp³-hybridized carbons (Fsp3) is 0.647. The van der Waals surface area contributed by atoms with Crippen molar-refractivity contribution in [2.24, 2.45) is 11.8 Å². The normalized spacial score (nSPS) is 19.6. The van der Waals surface area contributed by atoms with E-state index in [4.69, 9.17) is 0 Å². The lowest BCUT2D eigenvalue weighted by molar-refractivity contribution is 0.442. The Morgan fingerprint density at radius 3 is 2.90 bits per heavy atom. The van der Waals surface area contributed by atoms with Gasteiger partial charge in [-0.1, -0.05) is 26.8 Å². The van der Waals surface area contributed by atoms with Gasteiger partial charge < -0.3 is 10.2 Å². The zero-order valence-electron chi connectivity index (χ0n) is 13.0. The second-order valence-corrected chi connectivity index (χ2v) is 6.50. The van der Waals surface area contributed by atoms with Gasteiger partial charge >= 0.3 is 0 Å². The molecule has 1 aromatic carbocycles. The first-order valence-electron chi connectivity index (χ1n) is 7.80. The molecule has 1 N–H and O–H groups in total. The number of hydrogen-bond donors (Lipinski definition) is 1. The highest BCUT2D eigenvalue weighted by molar-refractivity contribution is 5.50. The van der Waals surface area contributed by atoms with Crippen molar-refractivity contribution in [3.8, 4) is 0 Å². The molecule has 3 heteroatoms. The Morgan fingerprint density at radius 1 is 1.40 bits per heavy atom. The molecule has 1 unspecified atom stereocenters. The molecule has 1 aromatic rings. The molecule has 1 aliphatic heterocycles. The molecule has 0 aromatic heterocycles. The minimum absolute atomic E-state index is 0.0910. The van der Waals surface area contributed by atoms with E-state index in [1.54, 1.807) is 6.07 Å². The number of anilines is 1. The van der Waals surface area contributed by atoms with E-state index in [0.717, 1.165) is 38.3 Å². The number of benzene rings is 1. The summed E-state index contributed by atoms with van der Waals surface area (Å²) in [6.07, 6.45) is 2.42. The minimum Gasteiger partial charge on any atom is -0.369 e. The molecule has 1 fully saturated rings. The molecular weight excluding hydrogens is 251 g/mol. The van der Waals surface area contributed by atoms with Crippen molar-refractivity contribution >= 4 is 5.69 Å². The molecule has 0 radical (unpaired) electrons. The van der Waals surface area contributed by atoms with E-state index < -0.39 is 0 Å². The molecule has 0 bridgehead atoms. The van der Waals surface area contributed by atoms with E-state index in [9.17, 15) is 4.39 Å². The summed E-state index contributed by atoms with van der Waals surface area (Å²) in [5.41, 5.74) is 1.95. The molecule has 1 heterocycles. The summed E-state index contributed by atoms with van der Waals surface area (Å²) in [5, 5.41) is 3.42. The summed E-state index contributed by atoms with van der Waals surface area (Å²) < 4.78 is 14.1. The Balaban J connectivity index is 2.04. The van der Waals surface area contributed by atoms with E-state index in [0.29, 0.717) is 11.8 Å². The van der Waals surface area contributed by atoms with Crippen LogP contribution in [0.25, 0.3) is 0 Å². The van der Waals surface area contributed by atoms with Gasteiger partial charge in [0.1, 0.15) is 5.82 Å². The molecule has 2 nitrogen and oxygen atoms in total. The lowest BCUT2D eigenvalue weighted by Crippen LogP contribution is -2.34. The fourth-order valence-electron chi connectivity index (χ4n) is 2.82. The van der Waals surface area contributed by atoms with Crippen molar-refractivity contribution in [3.05, 3.63) is 29.6 Å². The maximum atomic E-state index is 14.1. The van der Waals surface area contributed by atoms with Crippen LogP contribution in [0.1, 0.15) is 39.2 Å². The molecular formula is C17H27FN2. The number of hydrogen-bond acceptors (Lipinski definition) is 2. The van der Waals surface area contributed by atoms with E-state index >= 15 is 0 Å². The summed E-state index contributed by atoms with van der Waals surface area (Å²) in [6.45, 7) is 10.4. The summed E-state index contributed by atoms with van der Waals surface area (Å²) >= 11 is 0. The van der Waals surface area contributed by atoms with Gasteiger partial charge in [-0.2, -0.15) is 0 Å². The van der Waals surface area contributed by atoms with Crippen LogP contribution in [0.4, 0.5) is 10.1 Å². The Bertz CT molecular complexity index is 431. The number of rotatable bonds is 5. The third kappa shape index (κ3) is 4.20. The molecule has 2 rings (SSSR count). The van der Waals surface area contributed by atoms with Crippen molar-refractivity contribution in [1.29, 1.82) is 0 Å². The van der Waals surface area contributed by atoms with Gasteiger partial charge in [0, 0.05) is 19.6 Å². The first-order chi connectivity index (χ1) is 9.56. The van der Waals surface area contributed by atoms with Gasteiger partial charge in [-0.25, -0.2) is 4.39 Å². The maximum absolute atomic E-state index is 14.1. The second kappa shape index (κ2) is 7.07. The average Bonchev–Trinajstić information content (AvgIpc) is 2.40. The lowest BCUT2D eigenvalue weighted by Gasteiger charge is -2.33. The Labute approximate surface area is 122 Å². The standard InChI is InChI=1S/C17H27FN2/c1-13(2)10-19-11-15-6-7-16(18)17(9-15)20-8-4-5-14(3)12-20/h6-7,9,13-14,19H,4-5,8,10-12H2,1-3H3. The van der Waals surface area contributed by atoms with Crippen LogP contribution in [0.2, 0.25) is 0 Å². The third-order valence-corrected chi connectivity index (χ3v) is 3.89. The number of nitrogens with one attached hydrogen (secondary N) is 1. The van der Waals surface area contributed by atoms with Gasteiger partial charge in [-0.15, -0.1) is 0 Å². The van der Waals surface area contributed by atoms with E-state index in [2.05, 4.69) is 31.0 Å². The molecule has 0 saturated carbocycles. The predicted molar refractivity (Wildman–Crippen MR) is 83.6 cm³/mol. The van der Waals surface area contributed by atoms with E-state index in [1.807, 2.05) is 12.1 Å². The monoisotopic (exact) mass is 278 g/mol. The average molecular weight is 278 g/mol. The van der Waals surface area contributed by atoms with Crippen LogP contribution in [0.3, 0.4) is 0 Å². The Morgan fingerprint density at radius 2 is 2.20 bits per heavy atom. The third-order valence-electron chi connectivity index (χ3n) is 3.89. The summed E-state index contributed by atoms with van der Waals surface area (Å²) in [7, 11) is 0. The van der Waals surface area contributed by atoms with Crippen molar-refractivity contribution in [3.63, 3.8) is 0 Å². The molecule has 1 saturated heterocycles. The lowest BCUT2D eigenvalue weighted by atomic mass is 9.99. The summed E-state index contributed by atoms with van der Waals surface area (Å²) in [6, 6.07) is 5.52. The smallest absolute Gasteiger partial charge is 0.146 e. The zero-order chi connectivity index (χ0) is 14.5. The van der Waals surface area contributed by atoms with Gasteiger partial charge in [0.05, 0.1) is 5.69 Å². The number of nitrogens with zero attached hydrogens (tertiary/aromatic N) is 1. The van der Waals surface area contributed by atoms with Crippen LogP contribution in [-0.2, 0) is 6.54 Å². The Hall–Kier alpha value is -1.09. The van der Waals surface area contributed by atoms with Crippen LogP contribution in [0.5, 0.6) is 0 Å². The molecule has 0 aliphatic carbocycles. The highest BCUT2D eigenvalue weighted by Gasteiger charge is 2.19. The van der Waals surface area contributed by atoms with E-state index in [1.165, 1.54) is 12.0 Å². The number of piperidine rings is 1. The Kier molecular flexibility index (Phi) is 5.41. The maximum Gasteiger partial charge on any atom is 0.146 e. The van der Waals surface area contributed by atoms with Gasteiger partial charge in [0.25, 0.3) is 0 Å². The SMILES string of the molecule is CC(C)CNCc1ccc(F)c(N2CCCC(C)C2)c1. The summed E-state index contributed by atoms with van der Waals surface area (Å²) in [5.74, 6) is 1.20. The first kappa shape index (κ1) is 15.3. The zero-order valence-corrected chi connectivity index (χ0v) is 13.0. The number of halogens is 1. The predicted octanol–water partition coefficient (Wildman–Crippen LogP) is 3.81. The molecule has 0 spiro atoms. The quantitative estimate of drug-likeness (QED) is 0.881. The molecule has 1 atom stereocenters. The molecule has 1 aliphatic rings. The van der Waals surface area contributed by atoms with Crippen molar-refractivity contribution < 1.29 is 4.39 Å². The highest BCUT2D eigenvalue weighted by Crippen LogP contribution is 2.26. The van der Waals surface area contributed by atoms with Crippen molar-refractivity contribution in [1.82, 2.24) is 5.32 Å². The molecule has 0 amide bonds. The van der Waals surface area contributed by atoms with Gasteiger partial charge in [0.2, 0.25) is 0 Å². The van der Waals surface area contributed by atoms with Gasteiger partial charge in [-0.3, -0.25) is 0 Å². The van der Waals surface area contributed by atoms with Crippen LogP contribution in [-0.4, -0.2) is 19.6 Å². The minimum atomic E-state index is -0.0910. The van der Waals surface area contributed by atoms with Crippen LogP contribution < -0.4 is 10.2 Å². The van der Waals surface area contributed by atoms with Crippen molar-refractivity contribution in [2.45, 2.75) is 40.2 Å². The van der Waals surface area contributed by atoms with Crippen LogP contribution in [0.15, 0.2) is 18.2 Å². The van der Waals surface area contributed by atoms with Gasteiger partial charge in [0.15, 0.2) is 0 Å². The molecule has 20 heavy (non-hydrogen) atoms. The first-order valence-corrected chi connectivity index (χ1v) is 7.80. The molecule has 112 valence electrons. The van der Waals surface area contributed by atoms with Crippen LogP contribution >= 0.6 is 0 Å².